The van der Waals surface area contributed by atoms with Gasteiger partial charge in [0.25, 0.3) is 0 Å². The van der Waals surface area contributed by atoms with Crippen molar-refractivity contribution in [2.75, 3.05) is 31.1 Å². The first kappa shape index (κ1) is 22.0. The van der Waals surface area contributed by atoms with Crippen LogP contribution in [0.4, 0.5) is 8.78 Å². The van der Waals surface area contributed by atoms with Gasteiger partial charge < -0.3 is 4.90 Å². The summed E-state index contributed by atoms with van der Waals surface area (Å²) >= 11 is 1.98. The Morgan fingerprint density at radius 2 is 1.87 bits per heavy atom. The molecule has 1 amide bonds. The number of nitrogens with zero attached hydrogens (tertiary/aromatic N) is 3. The van der Waals surface area contributed by atoms with Crippen LogP contribution in [0.15, 0.2) is 53.6 Å². The third-order valence-electron chi connectivity index (χ3n) is 6.10. The third kappa shape index (κ3) is 4.67. The second-order valence-corrected chi connectivity index (χ2v) is 9.36. The molecule has 2 heterocycles. The van der Waals surface area contributed by atoms with Gasteiger partial charge in [0.05, 0.1) is 11.3 Å². The second-order valence-electron chi connectivity index (χ2n) is 8.13. The van der Waals surface area contributed by atoms with E-state index >= 15 is 0 Å². The zero-order valence-electron chi connectivity index (χ0n) is 17.7. The Hall–Kier alpha value is -2.25. The van der Waals surface area contributed by atoms with Crippen LogP contribution in [0.5, 0.6) is 0 Å². The van der Waals surface area contributed by atoms with Gasteiger partial charge in [-0.1, -0.05) is 30.3 Å². The molecule has 31 heavy (non-hydrogen) atoms. The number of amides is 1. The average Bonchev–Trinajstić information content (AvgIpc) is 3.18. The lowest BCUT2D eigenvalue weighted by molar-refractivity contribution is -0.135. The van der Waals surface area contributed by atoms with Crippen molar-refractivity contribution in [3.05, 3.63) is 71.3 Å². The maximum absolute atomic E-state index is 14.5. The lowest BCUT2D eigenvalue weighted by atomic mass is 9.80. The molecule has 2 aromatic carbocycles. The van der Waals surface area contributed by atoms with Crippen molar-refractivity contribution in [1.29, 1.82) is 0 Å². The van der Waals surface area contributed by atoms with E-state index in [4.69, 9.17) is 0 Å². The Bertz CT molecular complexity index is 963. The van der Waals surface area contributed by atoms with E-state index in [-0.39, 0.29) is 11.5 Å². The van der Waals surface area contributed by atoms with Crippen LogP contribution in [0, 0.1) is 11.6 Å². The molecule has 2 aliphatic heterocycles. The maximum atomic E-state index is 14.5. The molecule has 0 saturated carbocycles. The normalized spacial score (nSPS) is 21.9. The van der Waals surface area contributed by atoms with Gasteiger partial charge in [-0.3, -0.25) is 4.79 Å². The van der Waals surface area contributed by atoms with Gasteiger partial charge in [0.15, 0.2) is 0 Å². The molecule has 164 valence electrons. The van der Waals surface area contributed by atoms with Gasteiger partial charge in [-0.05, 0) is 43.1 Å². The average molecular weight is 444 g/mol. The summed E-state index contributed by atoms with van der Waals surface area (Å²) in [6.45, 7) is 4.59. The highest BCUT2D eigenvalue weighted by Gasteiger charge is 2.46. The molecule has 7 heteroatoms. The number of hydrazone groups is 1. The van der Waals surface area contributed by atoms with Crippen LogP contribution in [0.3, 0.4) is 0 Å². The van der Waals surface area contributed by atoms with E-state index in [0.29, 0.717) is 18.6 Å². The third-order valence-corrected chi connectivity index (χ3v) is 7.05. The molecule has 4 rings (SSSR count). The smallest absolute Gasteiger partial charge is 0.240 e. The van der Waals surface area contributed by atoms with Crippen molar-refractivity contribution in [2.24, 2.45) is 5.10 Å². The predicted molar refractivity (Wildman–Crippen MR) is 121 cm³/mol. The molecule has 2 aromatic rings. The Labute approximate surface area is 186 Å². The van der Waals surface area contributed by atoms with Crippen LogP contribution in [-0.4, -0.2) is 52.7 Å². The van der Waals surface area contributed by atoms with Crippen molar-refractivity contribution >= 4 is 23.4 Å². The van der Waals surface area contributed by atoms with E-state index in [1.165, 1.54) is 18.0 Å². The number of hydrogen-bond acceptors (Lipinski definition) is 4. The zero-order valence-corrected chi connectivity index (χ0v) is 18.5. The molecule has 1 fully saturated rings. The Morgan fingerprint density at radius 3 is 2.58 bits per heavy atom. The van der Waals surface area contributed by atoms with Crippen molar-refractivity contribution < 1.29 is 13.6 Å². The predicted octanol–water partition coefficient (Wildman–Crippen LogP) is 4.65. The number of halogens is 2. The summed E-state index contributed by atoms with van der Waals surface area (Å²) in [6.07, 6.45) is 1.94. The molecule has 4 nitrogen and oxygen atoms in total. The first-order chi connectivity index (χ1) is 15.0. The number of carbonyl (C=O) groups is 1. The first-order valence-corrected chi connectivity index (χ1v) is 11.8. The minimum Gasteiger partial charge on any atom is -0.302 e. The number of thioether (sulfide) groups is 1. The molecule has 0 aromatic heterocycles. The fraction of sp³-hybridized carbons (Fsp3) is 0.417. The maximum Gasteiger partial charge on any atom is 0.240 e. The van der Waals surface area contributed by atoms with Crippen LogP contribution in [0.2, 0.25) is 0 Å². The lowest BCUT2D eigenvalue weighted by Gasteiger charge is -2.37. The van der Waals surface area contributed by atoms with Gasteiger partial charge in [0.1, 0.15) is 11.6 Å². The van der Waals surface area contributed by atoms with E-state index < -0.39 is 17.2 Å². The standard InChI is InChI=1S/C24H27F2N3OS/c1-18(30)29-24(19-6-3-2-4-7-19,10-5-11-28-12-14-31-15-13-28)17-23(27-29)21-16-20(25)8-9-22(21)26/h2-4,6-9,16H,5,10-15,17H2,1H3/t24-/m1/s1. The summed E-state index contributed by atoms with van der Waals surface area (Å²) < 4.78 is 28.4. The van der Waals surface area contributed by atoms with Gasteiger partial charge in [-0.2, -0.15) is 16.9 Å². The van der Waals surface area contributed by atoms with E-state index in [0.717, 1.165) is 55.3 Å². The Balaban J connectivity index is 1.66. The monoisotopic (exact) mass is 443 g/mol. The highest BCUT2D eigenvalue weighted by molar-refractivity contribution is 7.99. The molecule has 0 radical (unpaired) electrons. The summed E-state index contributed by atoms with van der Waals surface area (Å²) in [7, 11) is 0. The van der Waals surface area contributed by atoms with Gasteiger partial charge in [0, 0.05) is 43.5 Å². The van der Waals surface area contributed by atoms with E-state index in [1.807, 2.05) is 42.1 Å². The fourth-order valence-electron chi connectivity index (χ4n) is 4.57. The van der Waals surface area contributed by atoms with Crippen molar-refractivity contribution in [2.45, 2.75) is 31.7 Å². The van der Waals surface area contributed by atoms with Crippen LogP contribution in [0.1, 0.15) is 37.3 Å². The number of hydrogen-bond donors (Lipinski definition) is 0. The molecule has 0 spiro atoms. The van der Waals surface area contributed by atoms with Gasteiger partial charge in [-0.25, -0.2) is 13.8 Å². The molecular formula is C24H27F2N3OS. The van der Waals surface area contributed by atoms with E-state index in [1.54, 1.807) is 0 Å². The molecular weight excluding hydrogens is 416 g/mol. The van der Waals surface area contributed by atoms with Crippen molar-refractivity contribution in [3.8, 4) is 0 Å². The van der Waals surface area contributed by atoms with Gasteiger partial charge in [-0.15, -0.1) is 0 Å². The second kappa shape index (κ2) is 9.49. The molecule has 0 aliphatic carbocycles. The van der Waals surface area contributed by atoms with Gasteiger partial charge >= 0.3 is 0 Å². The quantitative estimate of drug-likeness (QED) is 0.652. The van der Waals surface area contributed by atoms with E-state index in [9.17, 15) is 13.6 Å². The Kier molecular flexibility index (Phi) is 6.72. The highest BCUT2D eigenvalue weighted by Crippen LogP contribution is 2.43. The number of rotatable bonds is 6. The minimum atomic E-state index is -0.703. The van der Waals surface area contributed by atoms with Gasteiger partial charge in [0.2, 0.25) is 5.91 Å². The highest BCUT2D eigenvalue weighted by atomic mass is 32.2. The molecule has 2 aliphatic rings. The van der Waals surface area contributed by atoms with E-state index in [2.05, 4.69) is 10.0 Å². The number of benzene rings is 2. The zero-order chi connectivity index (χ0) is 21.8. The minimum absolute atomic E-state index is 0.122. The summed E-state index contributed by atoms with van der Waals surface area (Å²) in [5.41, 5.74) is 0.795. The molecule has 0 bridgehead atoms. The topological polar surface area (TPSA) is 35.9 Å². The fourth-order valence-corrected chi connectivity index (χ4v) is 5.55. The lowest BCUT2D eigenvalue weighted by Crippen LogP contribution is -2.43. The van der Waals surface area contributed by atoms with Crippen LogP contribution >= 0.6 is 11.8 Å². The first-order valence-electron chi connectivity index (χ1n) is 10.7. The van der Waals surface area contributed by atoms with Crippen LogP contribution in [-0.2, 0) is 10.3 Å². The molecule has 1 atom stereocenters. The van der Waals surface area contributed by atoms with Crippen molar-refractivity contribution in [3.63, 3.8) is 0 Å². The largest absolute Gasteiger partial charge is 0.302 e. The molecule has 0 unspecified atom stereocenters. The SMILES string of the molecule is CC(=O)N1N=C(c2cc(F)ccc2F)C[C@]1(CCCN1CCSCC1)c1ccccc1. The summed E-state index contributed by atoms with van der Waals surface area (Å²) in [6, 6.07) is 13.2. The summed E-state index contributed by atoms with van der Waals surface area (Å²) in [5.74, 6) is 1.04. The van der Waals surface area contributed by atoms with Crippen molar-refractivity contribution in [1.82, 2.24) is 9.91 Å². The number of carbonyl (C=O) groups excluding carboxylic acids is 1. The van der Waals surface area contributed by atoms with Crippen LogP contribution < -0.4 is 0 Å². The molecule has 0 N–H and O–H groups in total. The summed E-state index contributed by atoms with van der Waals surface area (Å²) in [5, 5.41) is 6.03. The molecule has 1 saturated heterocycles. The summed E-state index contributed by atoms with van der Waals surface area (Å²) in [4.78, 5) is 15.1. The van der Waals surface area contributed by atoms with Crippen LogP contribution in [0.25, 0.3) is 0 Å². The Morgan fingerprint density at radius 1 is 1.13 bits per heavy atom.